The Hall–Kier alpha value is -2.88. The number of rotatable bonds is 8. The van der Waals surface area contributed by atoms with Crippen molar-refractivity contribution in [1.29, 1.82) is 0 Å². The molecule has 0 aliphatic carbocycles. The molecule has 0 amide bonds. The summed E-state index contributed by atoms with van der Waals surface area (Å²) in [5.74, 6) is 1.44. The van der Waals surface area contributed by atoms with Gasteiger partial charge in [0.1, 0.15) is 18.6 Å². The van der Waals surface area contributed by atoms with Gasteiger partial charge in [-0.05, 0) is 37.3 Å². The van der Waals surface area contributed by atoms with E-state index in [1.165, 1.54) is 11.1 Å². The van der Waals surface area contributed by atoms with Crippen LogP contribution in [0, 0.1) is 5.41 Å². The fourth-order valence-corrected chi connectivity index (χ4v) is 3.97. The third kappa shape index (κ3) is 4.42. The van der Waals surface area contributed by atoms with Crippen LogP contribution in [0.2, 0.25) is 0 Å². The summed E-state index contributed by atoms with van der Waals surface area (Å²) in [6.45, 7) is 7.23. The van der Waals surface area contributed by atoms with Crippen molar-refractivity contribution in [3.8, 4) is 0 Å². The maximum atomic E-state index is 6.06. The normalized spacial score (nSPS) is 21.1. The average molecular weight is 389 g/mol. The minimum atomic E-state index is -0.501. The maximum absolute atomic E-state index is 6.06. The molecule has 0 bridgehead atoms. The fraction of sp³-hybridized carbons (Fsp3) is 0.360. The molecule has 29 heavy (non-hydrogen) atoms. The molecule has 4 heteroatoms. The van der Waals surface area contributed by atoms with Gasteiger partial charge < -0.3 is 9.47 Å². The number of benzene rings is 2. The Morgan fingerprint density at radius 2 is 1.31 bits per heavy atom. The monoisotopic (exact) mass is 388 g/mol. The first-order valence-electron chi connectivity index (χ1n) is 10.3. The van der Waals surface area contributed by atoms with Crippen molar-refractivity contribution < 1.29 is 9.47 Å². The van der Waals surface area contributed by atoms with Gasteiger partial charge in [0.25, 0.3) is 0 Å². The highest BCUT2D eigenvalue weighted by Gasteiger charge is 2.44. The zero-order chi connectivity index (χ0) is 20.1. The van der Waals surface area contributed by atoms with Gasteiger partial charge in [0, 0.05) is 0 Å². The Morgan fingerprint density at radius 1 is 0.862 bits per heavy atom. The van der Waals surface area contributed by atoms with Crippen molar-refractivity contribution in [3.63, 3.8) is 0 Å². The number of ether oxygens (including phenoxy) is 2. The molecule has 2 aromatic rings. The number of aliphatic imine (C=N–C) groups is 2. The van der Waals surface area contributed by atoms with Gasteiger partial charge in [-0.3, -0.25) is 0 Å². The largest absolute Gasteiger partial charge is 0.478 e. The van der Waals surface area contributed by atoms with Gasteiger partial charge in [-0.2, -0.15) is 0 Å². The number of nitrogens with zero attached hydrogens (tertiary/aromatic N) is 2. The first-order valence-corrected chi connectivity index (χ1v) is 10.3. The van der Waals surface area contributed by atoms with Gasteiger partial charge in [0.15, 0.2) is 11.8 Å². The van der Waals surface area contributed by atoms with Crippen LogP contribution in [0.3, 0.4) is 0 Å². The quantitative estimate of drug-likeness (QED) is 0.618. The second kappa shape index (κ2) is 8.64. The Balaban J connectivity index is 1.50. The molecule has 2 aromatic carbocycles. The lowest BCUT2D eigenvalue weighted by molar-refractivity contribution is 0.257. The molecule has 0 radical (unpaired) electrons. The van der Waals surface area contributed by atoms with Gasteiger partial charge >= 0.3 is 0 Å². The second-order valence-corrected chi connectivity index (χ2v) is 8.00. The van der Waals surface area contributed by atoms with Gasteiger partial charge in [-0.25, -0.2) is 9.98 Å². The molecule has 0 saturated heterocycles. The minimum absolute atomic E-state index is 0.124. The van der Waals surface area contributed by atoms with Crippen LogP contribution in [-0.2, 0) is 22.3 Å². The topological polar surface area (TPSA) is 43.2 Å². The van der Waals surface area contributed by atoms with Crippen LogP contribution in [0.4, 0.5) is 0 Å². The molecule has 0 spiro atoms. The molecule has 2 atom stereocenters. The smallest absolute Gasteiger partial charge is 0.199 e. The number of allylic oxidation sites excluding steroid dienone is 1. The van der Waals surface area contributed by atoms with E-state index in [-0.39, 0.29) is 12.1 Å². The summed E-state index contributed by atoms with van der Waals surface area (Å²) in [7, 11) is 0. The third-order valence-corrected chi connectivity index (χ3v) is 5.55. The molecule has 0 saturated carbocycles. The van der Waals surface area contributed by atoms with Crippen molar-refractivity contribution in [3.05, 3.63) is 84.4 Å². The maximum Gasteiger partial charge on any atom is 0.199 e. The summed E-state index contributed by atoms with van der Waals surface area (Å²) < 4.78 is 12.1. The first-order chi connectivity index (χ1) is 14.2. The summed E-state index contributed by atoms with van der Waals surface area (Å²) in [6, 6.07) is 21.1. The van der Waals surface area contributed by atoms with Gasteiger partial charge in [-0.15, -0.1) is 6.58 Å². The summed E-state index contributed by atoms with van der Waals surface area (Å²) in [5.41, 5.74) is 2.04. The van der Waals surface area contributed by atoms with Crippen LogP contribution >= 0.6 is 0 Å². The van der Waals surface area contributed by atoms with E-state index in [9.17, 15) is 0 Å². The Morgan fingerprint density at radius 3 is 1.72 bits per heavy atom. The van der Waals surface area contributed by atoms with E-state index in [4.69, 9.17) is 19.5 Å². The van der Waals surface area contributed by atoms with E-state index in [0.717, 1.165) is 24.6 Å². The molecule has 4 rings (SSSR count). The van der Waals surface area contributed by atoms with Crippen LogP contribution in [-0.4, -0.2) is 37.1 Å². The summed E-state index contributed by atoms with van der Waals surface area (Å²) in [5, 5.41) is 0. The molecule has 0 unspecified atom stereocenters. The van der Waals surface area contributed by atoms with Crippen LogP contribution in [0.15, 0.2) is 83.3 Å². The summed E-state index contributed by atoms with van der Waals surface area (Å²) >= 11 is 0. The van der Waals surface area contributed by atoms with E-state index in [1.807, 2.05) is 18.2 Å². The van der Waals surface area contributed by atoms with E-state index >= 15 is 0 Å². The number of hydrogen-bond donors (Lipinski definition) is 0. The second-order valence-electron chi connectivity index (χ2n) is 8.00. The van der Waals surface area contributed by atoms with Crippen molar-refractivity contribution in [2.75, 3.05) is 13.2 Å². The molecule has 0 aromatic heterocycles. The van der Waals surface area contributed by atoms with Crippen molar-refractivity contribution in [1.82, 2.24) is 0 Å². The molecule has 2 aliphatic heterocycles. The first kappa shape index (κ1) is 19.4. The van der Waals surface area contributed by atoms with E-state index in [1.54, 1.807) is 0 Å². The van der Waals surface area contributed by atoms with Gasteiger partial charge in [0.2, 0.25) is 0 Å². The standard InChI is InChI=1S/C25H28N2O2/c1-3-14-25(2,23-26-21(17-28-23)15-19-10-6-4-7-11-19)24-27-22(18-29-24)16-20-12-8-5-9-13-20/h3-13,21-22H,1,14-18H2,2H3/t21-,22-/m0/s1. The molecule has 0 fully saturated rings. The Labute approximate surface area is 173 Å². The highest BCUT2D eigenvalue weighted by Crippen LogP contribution is 2.34. The Kier molecular flexibility index (Phi) is 5.79. The summed E-state index contributed by atoms with van der Waals surface area (Å²) in [4.78, 5) is 9.83. The van der Waals surface area contributed by atoms with E-state index < -0.39 is 5.41 Å². The zero-order valence-electron chi connectivity index (χ0n) is 17.0. The van der Waals surface area contributed by atoms with Crippen molar-refractivity contribution in [2.24, 2.45) is 15.4 Å². The van der Waals surface area contributed by atoms with Gasteiger partial charge in [-0.1, -0.05) is 66.7 Å². The molecule has 150 valence electrons. The van der Waals surface area contributed by atoms with Crippen LogP contribution < -0.4 is 0 Å². The molecule has 4 nitrogen and oxygen atoms in total. The fourth-order valence-electron chi connectivity index (χ4n) is 3.97. The Bertz CT molecular complexity index is 822. The molecule has 0 N–H and O–H groups in total. The zero-order valence-corrected chi connectivity index (χ0v) is 17.0. The van der Waals surface area contributed by atoms with Crippen molar-refractivity contribution >= 4 is 11.8 Å². The van der Waals surface area contributed by atoms with E-state index in [0.29, 0.717) is 19.6 Å². The lowest BCUT2D eigenvalue weighted by Crippen LogP contribution is -2.36. The SMILES string of the molecule is C=CCC(C)(C1=N[C@@H](Cc2ccccc2)CO1)C1=N[C@@H](Cc2ccccc2)CO1. The highest BCUT2D eigenvalue weighted by molar-refractivity contribution is 6.06. The predicted molar refractivity (Wildman–Crippen MR) is 118 cm³/mol. The van der Waals surface area contributed by atoms with Gasteiger partial charge in [0.05, 0.1) is 12.1 Å². The van der Waals surface area contributed by atoms with Crippen LogP contribution in [0.5, 0.6) is 0 Å². The molecule has 2 heterocycles. The lowest BCUT2D eigenvalue weighted by atomic mass is 9.86. The third-order valence-electron chi connectivity index (χ3n) is 5.55. The van der Waals surface area contributed by atoms with Crippen LogP contribution in [0.1, 0.15) is 24.5 Å². The number of hydrogen-bond acceptors (Lipinski definition) is 4. The predicted octanol–water partition coefficient (Wildman–Crippen LogP) is 4.65. The average Bonchev–Trinajstić information content (AvgIpc) is 3.40. The minimum Gasteiger partial charge on any atom is -0.478 e. The molecule has 2 aliphatic rings. The van der Waals surface area contributed by atoms with Crippen molar-refractivity contribution in [2.45, 2.75) is 38.3 Å². The molecular formula is C25H28N2O2. The van der Waals surface area contributed by atoms with E-state index in [2.05, 4.69) is 62.0 Å². The summed E-state index contributed by atoms with van der Waals surface area (Å²) in [6.07, 6.45) is 4.32. The van der Waals surface area contributed by atoms with Crippen LogP contribution in [0.25, 0.3) is 0 Å². The lowest BCUT2D eigenvalue weighted by Gasteiger charge is -2.26. The highest BCUT2D eigenvalue weighted by atomic mass is 16.5. The molecular weight excluding hydrogens is 360 g/mol.